The van der Waals surface area contributed by atoms with E-state index in [1.165, 1.54) is 0 Å². The standard InChI is InChI=1S/C29H42N2O4S/c1-6-35-25(32)28(5)15-7-14-27(4)22(28)13-17-29-18-24(26(3,19-29)16-12-23(27)29)30-31-36(33,34)21-10-8-20(2)9-11-21/h8-11,22-23,31H,6-7,12-19H2,1-5H3/b30-24-/t22-,23-,26-,27+,28+,29-/m0/s1. The Hall–Kier alpha value is -1.89. The van der Waals surface area contributed by atoms with Crippen molar-refractivity contribution in [1.29, 1.82) is 0 Å². The summed E-state index contributed by atoms with van der Waals surface area (Å²) in [4.78, 5) is 16.0. The van der Waals surface area contributed by atoms with Crippen molar-refractivity contribution in [2.24, 2.45) is 38.6 Å². The summed E-state index contributed by atoms with van der Waals surface area (Å²) >= 11 is 0. The Morgan fingerprint density at radius 2 is 1.75 bits per heavy atom. The maximum atomic E-state index is 13.1. The summed E-state index contributed by atoms with van der Waals surface area (Å²) in [5.74, 6) is 0.836. The highest BCUT2D eigenvalue weighted by atomic mass is 32.2. The van der Waals surface area contributed by atoms with Crippen LogP contribution in [0.1, 0.15) is 91.0 Å². The molecule has 198 valence electrons. The van der Waals surface area contributed by atoms with Gasteiger partial charge in [0.25, 0.3) is 10.0 Å². The number of esters is 1. The monoisotopic (exact) mass is 514 g/mol. The highest BCUT2D eigenvalue weighted by Crippen LogP contribution is 2.73. The average molecular weight is 515 g/mol. The van der Waals surface area contributed by atoms with Crippen LogP contribution in [-0.4, -0.2) is 26.7 Å². The van der Waals surface area contributed by atoms with Crippen LogP contribution in [0.4, 0.5) is 0 Å². The lowest BCUT2D eigenvalue weighted by molar-refractivity contribution is -0.187. The number of carbonyl (C=O) groups is 1. The van der Waals surface area contributed by atoms with Crippen LogP contribution in [0.25, 0.3) is 0 Å². The van der Waals surface area contributed by atoms with E-state index in [0.717, 1.165) is 69.1 Å². The van der Waals surface area contributed by atoms with Crippen LogP contribution < -0.4 is 4.83 Å². The van der Waals surface area contributed by atoms with Gasteiger partial charge in [-0.1, -0.05) is 38.0 Å². The van der Waals surface area contributed by atoms with E-state index in [2.05, 4.69) is 30.7 Å². The molecule has 6 nitrogen and oxygen atoms in total. The zero-order valence-electron chi connectivity index (χ0n) is 22.5. The molecule has 5 rings (SSSR count). The zero-order valence-corrected chi connectivity index (χ0v) is 23.3. The number of hydrogen-bond donors (Lipinski definition) is 1. The second kappa shape index (κ2) is 8.57. The number of hydrazone groups is 1. The van der Waals surface area contributed by atoms with Crippen molar-refractivity contribution in [1.82, 2.24) is 4.83 Å². The molecule has 0 heterocycles. The topological polar surface area (TPSA) is 84.8 Å². The van der Waals surface area contributed by atoms with Crippen LogP contribution in [0.3, 0.4) is 0 Å². The van der Waals surface area contributed by atoms with Crippen molar-refractivity contribution in [3.8, 4) is 0 Å². The summed E-state index contributed by atoms with van der Waals surface area (Å²) in [5.41, 5.74) is 1.77. The maximum Gasteiger partial charge on any atom is 0.312 e. The molecule has 0 aromatic heterocycles. The van der Waals surface area contributed by atoms with Crippen LogP contribution in [0, 0.1) is 40.4 Å². The fourth-order valence-electron chi connectivity index (χ4n) is 9.13. The molecule has 1 N–H and O–H groups in total. The van der Waals surface area contributed by atoms with Crippen LogP contribution in [0.15, 0.2) is 34.3 Å². The lowest BCUT2D eigenvalue weighted by Gasteiger charge is -2.64. The summed E-state index contributed by atoms with van der Waals surface area (Å²) in [7, 11) is -3.70. The number of ether oxygens (including phenoxy) is 1. The molecule has 0 amide bonds. The van der Waals surface area contributed by atoms with E-state index < -0.39 is 15.4 Å². The van der Waals surface area contributed by atoms with Crippen molar-refractivity contribution >= 4 is 21.7 Å². The van der Waals surface area contributed by atoms with Gasteiger partial charge in [0.2, 0.25) is 0 Å². The molecule has 4 aliphatic rings. The van der Waals surface area contributed by atoms with E-state index in [-0.39, 0.29) is 27.1 Å². The quantitative estimate of drug-likeness (QED) is 0.386. The third-order valence-corrected chi connectivity index (χ3v) is 12.0. The van der Waals surface area contributed by atoms with Crippen LogP contribution in [0.5, 0.6) is 0 Å². The Kier molecular flexibility index (Phi) is 6.13. The number of benzene rings is 1. The second-order valence-electron chi connectivity index (χ2n) is 12.9. The molecule has 0 saturated heterocycles. The number of rotatable bonds is 5. The van der Waals surface area contributed by atoms with Crippen molar-refractivity contribution in [3.05, 3.63) is 29.8 Å². The van der Waals surface area contributed by atoms with Gasteiger partial charge < -0.3 is 4.74 Å². The first-order valence-electron chi connectivity index (χ1n) is 13.7. The molecule has 7 heteroatoms. The SMILES string of the molecule is CCOC(=O)[C@]1(C)CCC[C@@]2(C)[C@@H]3CC[C@@]4(C)C[C@]3(CC[C@@H]21)C/C4=N/NS(=O)(=O)c1ccc(C)cc1. The fraction of sp³-hybridized carbons (Fsp3) is 0.724. The van der Waals surface area contributed by atoms with Gasteiger partial charge in [-0.2, -0.15) is 13.5 Å². The van der Waals surface area contributed by atoms with Gasteiger partial charge in [-0.3, -0.25) is 4.79 Å². The number of nitrogens with zero attached hydrogens (tertiary/aromatic N) is 1. The maximum absolute atomic E-state index is 13.1. The first kappa shape index (κ1) is 25.7. The predicted molar refractivity (Wildman–Crippen MR) is 141 cm³/mol. The van der Waals surface area contributed by atoms with E-state index in [4.69, 9.17) is 4.74 Å². The summed E-state index contributed by atoms with van der Waals surface area (Å²) in [6, 6.07) is 6.88. The van der Waals surface area contributed by atoms with Crippen molar-refractivity contribution in [3.63, 3.8) is 0 Å². The van der Waals surface area contributed by atoms with Gasteiger partial charge in [0.1, 0.15) is 0 Å². The number of hydrogen-bond acceptors (Lipinski definition) is 5. The lowest BCUT2D eigenvalue weighted by Crippen LogP contribution is -2.58. The van der Waals surface area contributed by atoms with Gasteiger partial charge in [0, 0.05) is 11.1 Å². The Morgan fingerprint density at radius 3 is 2.44 bits per heavy atom. The predicted octanol–water partition coefficient (Wildman–Crippen LogP) is 6.00. The zero-order chi connectivity index (χ0) is 26.0. The minimum absolute atomic E-state index is 0.0169. The van der Waals surface area contributed by atoms with Gasteiger partial charge in [0.15, 0.2) is 0 Å². The Labute approximate surface area is 216 Å². The fourth-order valence-corrected chi connectivity index (χ4v) is 9.96. The third kappa shape index (κ3) is 3.83. The first-order valence-corrected chi connectivity index (χ1v) is 15.2. The number of nitrogens with one attached hydrogen (secondary N) is 1. The van der Waals surface area contributed by atoms with Crippen molar-refractivity contribution in [2.45, 2.75) is 97.3 Å². The molecule has 4 aliphatic carbocycles. The number of fused-ring (bicyclic) bond motifs is 3. The third-order valence-electron chi connectivity index (χ3n) is 10.8. The average Bonchev–Trinajstić information content (AvgIpc) is 3.02. The van der Waals surface area contributed by atoms with Gasteiger partial charge in [-0.25, -0.2) is 4.83 Å². The van der Waals surface area contributed by atoms with Crippen LogP contribution in [0.2, 0.25) is 0 Å². The lowest BCUT2D eigenvalue weighted by atomic mass is 9.40. The molecule has 0 radical (unpaired) electrons. The van der Waals surface area contributed by atoms with Gasteiger partial charge in [-0.15, -0.1) is 0 Å². The molecule has 4 fully saturated rings. The number of carbonyl (C=O) groups excluding carboxylic acids is 1. The Morgan fingerprint density at radius 1 is 1.06 bits per heavy atom. The highest BCUT2D eigenvalue weighted by molar-refractivity contribution is 7.89. The second-order valence-corrected chi connectivity index (χ2v) is 14.6. The van der Waals surface area contributed by atoms with E-state index in [1.807, 2.05) is 26.0 Å². The van der Waals surface area contributed by atoms with E-state index in [1.54, 1.807) is 12.1 Å². The smallest absolute Gasteiger partial charge is 0.312 e. The summed E-state index contributed by atoms with van der Waals surface area (Å²) in [6.07, 6.45) is 9.28. The van der Waals surface area contributed by atoms with Gasteiger partial charge >= 0.3 is 5.97 Å². The van der Waals surface area contributed by atoms with E-state index >= 15 is 0 Å². The molecule has 0 aliphatic heterocycles. The molecular formula is C29H42N2O4S. The molecule has 1 aromatic carbocycles. The number of sulfonamides is 1. The van der Waals surface area contributed by atoms with Gasteiger partial charge in [0.05, 0.1) is 16.9 Å². The summed E-state index contributed by atoms with van der Waals surface area (Å²) in [6.45, 7) is 11.1. The Balaban J connectivity index is 1.42. The van der Waals surface area contributed by atoms with E-state index in [0.29, 0.717) is 18.4 Å². The van der Waals surface area contributed by atoms with Crippen molar-refractivity contribution in [2.75, 3.05) is 6.61 Å². The number of aryl methyl sites for hydroxylation is 1. The van der Waals surface area contributed by atoms with Crippen LogP contribution in [-0.2, 0) is 19.6 Å². The van der Waals surface area contributed by atoms with Gasteiger partial charge in [-0.05, 0) is 107 Å². The van der Waals surface area contributed by atoms with Crippen molar-refractivity contribution < 1.29 is 17.9 Å². The normalized spacial score (nSPS) is 40.9. The highest BCUT2D eigenvalue weighted by Gasteiger charge is 2.67. The van der Waals surface area contributed by atoms with E-state index in [9.17, 15) is 13.2 Å². The summed E-state index contributed by atoms with van der Waals surface area (Å²) in [5, 5.41) is 4.61. The largest absolute Gasteiger partial charge is 0.466 e. The molecule has 6 atom stereocenters. The first-order chi connectivity index (χ1) is 16.9. The minimum atomic E-state index is -3.70. The molecule has 36 heavy (non-hydrogen) atoms. The molecule has 4 saturated carbocycles. The molecular weight excluding hydrogens is 472 g/mol. The molecule has 2 bridgehead atoms. The summed E-state index contributed by atoms with van der Waals surface area (Å²) < 4.78 is 31.5. The molecule has 1 spiro atoms. The molecule has 1 aromatic rings. The minimum Gasteiger partial charge on any atom is -0.466 e. The van der Waals surface area contributed by atoms with Crippen LogP contribution >= 0.6 is 0 Å². The molecule has 0 unspecified atom stereocenters. The Bertz CT molecular complexity index is 1180.